The summed E-state index contributed by atoms with van der Waals surface area (Å²) in [7, 11) is 1.69. The normalized spacial score (nSPS) is 18.8. The average Bonchev–Trinajstić information content (AvgIpc) is 3.13. The number of nitrogens with zero attached hydrogens (tertiary/aromatic N) is 3. The second kappa shape index (κ2) is 8.05. The fourth-order valence-corrected chi connectivity index (χ4v) is 3.16. The van der Waals surface area contributed by atoms with E-state index in [-0.39, 0.29) is 24.9 Å². The van der Waals surface area contributed by atoms with Gasteiger partial charge in [0.25, 0.3) is 0 Å². The maximum absolute atomic E-state index is 12.4. The van der Waals surface area contributed by atoms with Crippen molar-refractivity contribution in [3.05, 3.63) is 17.5 Å². The molecule has 0 saturated carbocycles. The first kappa shape index (κ1) is 19.5. The van der Waals surface area contributed by atoms with Crippen LogP contribution in [0, 0.1) is 0 Å². The van der Waals surface area contributed by atoms with Gasteiger partial charge in [0.05, 0.1) is 18.8 Å². The molecule has 1 N–H and O–H groups in total. The third-order valence-corrected chi connectivity index (χ3v) is 4.67. The predicted octanol–water partition coefficient (Wildman–Crippen LogP) is 1.19. The van der Waals surface area contributed by atoms with Crippen LogP contribution in [-0.4, -0.2) is 65.8 Å². The molecule has 2 fully saturated rings. The van der Waals surface area contributed by atoms with Gasteiger partial charge >= 0.3 is 6.09 Å². The van der Waals surface area contributed by atoms with Gasteiger partial charge in [0, 0.05) is 26.0 Å². The van der Waals surface area contributed by atoms with Crippen LogP contribution < -0.4 is 5.32 Å². The lowest BCUT2D eigenvalue weighted by Crippen LogP contribution is -2.46. The molecule has 0 aromatic carbocycles. The lowest BCUT2D eigenvalue weighted by atomic mass is 9.92. The van der Waals surface area contributed by atoms with Crippen molar-refractivity contribution in [1.29, 1.82) is 0 Å². The third-order valence-electron chi connectivity index (χ3n) is 4.67. The number of aryl methyl sites for hydroxylation is 1. The highest BCUT2D eigenvalue weighted by Gasteiger charge is 2.46. The maximum Gasteiger partial charge on any atom is 0.410 e. The number of carbonyl (C=O) groups is 2. The van der Waals surface area contributed by atoms with Gasteiger partial charge in [-0.2, -0.15) is 0 Å². The van der Waals surface area contributed by atoms with E-state index < -0.39 is 11.7 Å². The second-order valence-corrected chi connectivity index (χ2v) is 6.54. The Balaban J connectivity index is 0.00000225. The molecule has 25 heavy (non-hydrogen) atoms. The third kappa shape index (κ3) is 4.43. The molecule has 2 aliphatic heterocycles. The number of ether oxygens (including phenoxy) is 1. The highest BCUT2D eigenvalue weighted by molar-refractivity contribution is 5.85. The molecule has 0 atom stereocenters. The van der Waals surface area contributed by atoms with Crippen LogP contribution in [0.1, 0.15) is 31.2 Å². The first-order chi connectivity index (χ1) is 11.5. The van der Waals surface area contributed by atoms with Crippen molar-refractivity contribution in [2.75, 3.05) is 33.2 Å². The van der Waals surface area contributed by atoms with Crippen molar-refractivity contribution in [3.8, 4) is 0 Å². The maximum atomic E-state index is 12.4. The van der Waals surface area contributed by atoms with E-state index in [2.05, 4.69) is 10.5 Å². The molecule has 3 heterocycles. The number of rotatable bonds is 5. The summed E-state index contributed by atoms with van der Waals surface area (Å²) in [5.74, 6) is 0.494. The summed E-state index contributed by atoms with van der Waals surface area (Å²) < 4.78 is 10.8. The van der Waals surface area contributed by atoms with Crippen LogP contribution in [0.15, 0.2) is 10.6 Å². The van der Waals surface area contributed by atoms with Gasteiger partial charge in [-0.15, -0.1) is 12.4 Å². The van der Waals surface area contributed by atoms with Crippen LogP contribution in [-0.2, 0) is 22.5 Å². The molecule has 3 rings (SSSR count). The number of hydrogen-bond acceptors (Lipinski definition) is 6. The molecule has 0 bridgehead atoms. The Kier molecular flexibility index (Phi) is 6.29. The summed E-state index contributed by atoms with van der Waals surface area (Å²) in [6, 6.07) is 1.85. The van der Waals surface area contributed by atoms with Gasteiger partial charge in [0.15, 0.2) is 5.76 Å². The van der Waals surface area contributed by atoms with Gasteiger partial charge in [-0.05, 0) is 19.5 Å². The summed E-state index contributed by atoms with van der Waals surface area (Å²) in [5.41, 5.74) is 0.434. The molecule has 9 heteroatoms. The van der Waals surface area contributed by atoms with Crippen LogP contribution in [0.25, 0.3) is 0 Å². The Hall–Kier alpha value is -1.80. The number of likely N-dealkylation sites (N-methyl/N-ethyl adjacent to an activating group) is 1. The zero-order valence-electron chi connectivity index (χ0n) is 14.6. The van der Waals surface area contributed by atoms with Crippen molar-refractivity contribution < 1.29 is 18.8 Å². The number of aromatic nitrogens is 1. The molecule has 2 saturated heterocycles. The van der Waals surface area contributed by atoms with Gasteiger partial charge in [0.2, 0.25) is 5.91 Å². The minimum atomic E-state index is -0.428. The van der Waals surface area contributed by atoms with Crippen LogP contribution in [0.2, 0.25) is 0 Å². The van der Waals surface area contributed by atoms with Crippen molar-refractivity contribution in [2.45, 2.75) is 38.3 Å². The Labute approximate surface area is 153 Å². The van der Waals surface area contributed by atoms with E-state index in [1.54, 1.807) is 11.9 Å². The van der Waals surface area contributed by atoms with Crippen molar-refractivity contribution in [1.82, 2.24) is 20.3 Å². The second-order valence-electron chi connectivity index (χ2n) is 6.54. The van der Waals surface area contributed by atoms with E-state index in [0.29, 0.717) is 18.8 Å². The molecule has 140 valence electrons. The van der Waals surface area contributed by atoms with Crippen molar-refractivity contribution in [2.24, 2.45) is 0 Å². The first-order valence-corrected chi connectivity index (χ1v) is 8.38. The number of piperidine rings is 1. The summed E-state index contributed by atoms with van der Waals surface area (Å²) in [4.78, 5) is 27.5. The molecule has 2 aliphatic rings. The number of amides is 2. The minimum Gasteiger partial charge on any atom is -0.441 e. The Bertz CT molecular complexity index is 615. The SMILES string of the molecule is CCc1cc(CN(C)C(=O)CN2CC3(CCNCC3)OC2=O)on1.Cl. The average molecular weight is 373 g/mol. The number of carbonyl (C=O) groups excluding carboxylic acids is 2. The van der Waals surface area contributed by atoms with Crippen molar-refractivity contribution in [3.63, 3.8) is 0 Å². The quantitative estimate of drug-likeness (QED) is 0.835. The summed E-state index contributed by atoms with van der Waals surface area (Å²) in [5, 5.41) is 7.17. The molecular weight excluding hydrogens is 348 g/mol. The zero-order chi connectivity index (χ0) is 17.2. The number of nitrogens with one attached hydrogen (secondary N) is 1. The monoisotopic (exact) mass is 372 g/mol. The smallest absolute Gasteiger partial charge is 0.410 e. The van der Waals surface area contributed by atoms with E-state index in [4.69, 9.17) is 9.26 Å². The molecular formula is C16H25ClN4O4. The van der Waals surface area contributed by atoms with E-state index in [1.807, 2.05) is 13.0 Å². The first-order valence-electron chi connectivity index (χ1n) is 8.38. The molecule has 2 amide bonds. The molecule has 0 unspecified atom stereocenters. The fraction of sp³-hybridized carbons (Fsp3) is 0.688. The largest absolute Gasteiger partial charge is 0.441 e. The highest BCUT2D eigenvalue weighted by atomic mass is 35.5. The zero-order valence-corrected chi connectivity index (χ0v) is 15.4. The van der Waals surface area contributed by atoms with Crippen LogP contribution in [0.4, 0.5) is 4.79 Å². The fourth-order valence-electron chi connectivity index (χ4n) is 3.16. The summed E-state index contributed by atoms with van der Waals surface area (Å²) in [6.45, 7) is 4.50. The number of halogens is 1. The minimum absolute atomic E-state index is 0. The van der Waals surface area contributed by atoms with Crippen LogP contribution in [0.5, 0.6) is 0 Å². The van der Waals surface area contributed by atoms with Gasteiger partial charge < -0.3 is 19.5 Å². The Morgan fingerprint density at radius 2 is 2.16 bits per heavy atom. The summed E-state index contributed by atoms with van der Waals surface area (Å²) in [6.07, 6.45) is 1.97. The van der Waals surface area contributed by atoms with E-state index in [0.717, 1.165) is 38.0 Å². The van der Waals surface area contributed by atoms with Gasteiger partial charge in [-0.3, -0.25) is 9.69 Å². The topological polar surface area (TPSA) is 87.9 Å². The molecule has 0 aliphatic carbocycles. The van der Waals surface area contributed by atoms with Gasteiger partial charge in [-0.25, -0.2) is 4.79 Å². The van der Waals surface area contributed by atoms with Gasteiger partial charge in [-0.1, -0.05) is 12.1 Å². The lowest BCUT2D eigenvalue weighted by Gasteiger charge is -2.31. The van der Waals surface area contributed by atoms with E-state index in [1.165, 1.54) is 4.90 Å². The Morgan fingerprint density at radius 1 is 1.44 bits per heavy atom. The molecule has 1 aromatic rings. The molecule has 8 nitrogen and oxygen atoms in total. The standard InChI is InChI=1S/C16H24N4O4.ClH/c1-3-12-8-13(24-18-12)9-19(2)14(21)10-20-11-16(23-15(20)22)4-6-17-7-5-16;/h8,17H,3-7,9-11H2,1-2H3;1H. The van der Waals surface area contributed by atoms with Crippen LogP contribution >= 0.6 is 12.4 Å². The highest BCUT2D eigenvalue weighted by Crippen LogP contribution is 2.30. The summed E-state index contributed by atoms with van der Waals surface area (Å²) >= 11 is 0. The molecule has 1 aromatic heterocycles. The lowest BCUT2D eigenvalue weighted by molar-refractivity contribution is -0.131. The van der Waals surface area contributed by atoms with Crippen LogP contribution in [0.3, 0.4) is 0 Å². The van der Waals surface area contributed by atoms with Gasteiger partial charge in [0.1, 0.15) is 12.1 Å². The predicted molar refractivity (Wildman–Crippen MR) is 92.5 cm³/mol. The van der Waals surface area contributed by atoms with E-state index in [9.17, 15) is 9.59 Å². The van der Waals surface area contributed by atoms with Crippen molar-refractivity contribution >= 4 is 24.4 Å². The molecule has 1 spiro atoms. The number of hydrogen-bond donors (Lipinski definition) is 1. The van der Waals surface area contributed by atoms with E-state index >= 15 is 0 Å². The Morgan fingerprint density at radius 3 is 2.80 bits per heavy atom. The molecule has 0 radical (unpaired) electrons.